The quantitative estimate of drug-likeness (QED) is 0.539. The Morgan fingerprint density at radius 1 is 0.767 bits per heavy atom. The Hall–Kier alpha value is -4.26. The average Bonchev–Trinajstić information content (AvgIpc) is 3.23. The van der Waals surface area contributed by atoms with Crippen LogP contribution in [0.5, 0.6) is 0 Å². The Labute approximate surface area is 173 Å². The second kappa shape index (κ2) is 8.40. The fourth-order valence-electron chi connectivity index (χ4n) is 2.98. The number of benzene rings is 3. The number of aromatic nitrogens is 3. The van der Waals surface area contributed by atoms with Gasteiger partial charge in [0.1, 0.15) is 0 Å². The van der Waals surface area contributed by atoms with Crippen molar-refractivity contribution in [1.29, 1.82) is 0 Å². The molecule has 1 heterocycles. The molecule has 0 saturated heterocycles. The van der Waals surface area contributed by atoms with E-state index >= 15 is 0 Å². The molecule has 0 atom stereocenters. The van der Waals surface area contributed by atoms with Crippen molar-refractivity contribution in [2.75, 3.05) is 12.4 Å². The Morgan fingerprint density at radius 2 is 1.37 bits per heavy atom. The van der Waals surface area contributed by atoms with Gasteiger partial charge in [0.25, 0.3) is 11.8 Å². The van der Waals surface area contributed by atoms with Gasteiger partial charge >= 0.3 is 0 Å². The van der Waals surface area contributed by atoms with Crippen LogP contribution in [0.15, 0.2) is 84.9 Å². The van der Waals surface area contributed by atoms with E-state index in [1.807, 2.05) is 36.4 Å². The predicted molar refractivity (Wildman–Crippen MR) is 115 cm³/mol. The van der Waals surface area contributed by atoms with Gasteiger partial charge in [-0.25, -0.2) is 4.68 Å². The summed E-state index contributed by atoms with van der Waals surface area (Å²) in [6.07, 6.45) is 0. The highest BCUT2D eigenvalue weighted by Gasteiger charge is 2.16. The second-order valence-corrected chi connectivity index (χ2v) is 6.48. The minimum atomic E-state index is -0.290. The molecule has 4 aromatic rings. The molecule has 7 nitrogen and oxygen atoms in total. The minimum Gasteiger partial charge on any atom is -0.355 e. The van der Waals surface area contributed by atoms with Gasteiger partial charge in [-0.2, -0.15) is 4.98 Å². The van der Waals surface area contributed by atoms with Crippen LogP contribution in [0.3, 0.4) is 0 Å². The molecule has 0 fully saturated rings. The summed E-state index contributed by atoms with van der Waals surface area (Å²) in [5, 5.41) is 9.84. The Balaban J connectivity index is 1.71. The maximum absolute atomic E-state index is 12.5. The van der Waals surface area contributed by atoms with Gasteiger partial charge in [-0.1, -0.05) is 48.5 Å². The van der Waals surface area contributed by atoms with E-state index in [0.717, 1.165) is 11.3 Å². The molecule has 2 amide bonds. The van der Waals surface area contributed by atoms with Crippen molar-refractivity contribution in [1.82, 2.24) is 20.1 Å². The molecule has 0 aliphatic carbocycles. The third-order valence-electron chi connectivity index (χ3n) is 4.50. The Bertz CT molecular complexity index is 1170. The van der Waals surface area contributed by atoms with Crippen molar-refractivity contribution in [3.8, 4) is 17.1 Å². The van der Waals surface area contributed by atoms with E-state index in [4.69, 9.17) is 0 Å². The number of para-hydroxylation sites is 1. The number of carbonyl (C=O) groups excluding carboxylic acids is 2. The van der Waals surface area contributed by atoms with E-state index in [0.29, 0.717) is 17.0 Å². The van der Waals surface area contributed by atoms with Gasteiger partial charge in [0.05, 0.1) is 5.69 Å². The molecule has 0 aliphatic heterocycles. The number of hydrogen-bond acceptors (Lipinski definition) is 4. The fraction of sp³-hybridized carbons (Fsp3) is 0.0435. The summed E-state index contributed by atoms with van der Waals surface area (Å²) < 4.78 is 1.66. The number of nitrogens with zero attached hydrogens (tertiary/aromatic N) is 3. The normalized spacial score (nSPS) is 10.4. The smallest absolute Gasteiger partial charge is 0.258 e. The van der Waals surface area contributed by atoms with Crippen LogP contribution in [-0.2, 0) is 0 Å². The highest BCUT2D eigenvalue weighted by atomic mass is 16.2. The first-order valence-corrected chi connectivity index (χ1v) is 9.37. The van der Waals surface area contributed by atoms with Gasteiger partial charge in [0.2, 0.25) is 5.95 Å². The van der Waals surface area contributed by atoms with Crippen LogP contribution >= 0.6 is 0 Å². The van der Waals surface area contributed by atoms with Gasteiger partial charge in [-0.3, -0.25) is 14.9 Å². The van der Waals surface area contributed by atoms with Crippen molar-refractivity contribution < 1.29 is 9.59 Å². The molecule has 7 heteroatoms. The average molecular weight is 397 g/mol. The third kappa shape index (κ3) is 3.95. The van der Waals surface area contributed by atoms with E-state index in [9.17, 15) is 9.59 Å². The van der Waals surface area contributed by atoms with Crippen molar-refractivity contribution >= 4 is 17.8 Å². The zero-order valence-corrected chi connectivity index (χ0v) is 16.2. The van der Waals surface area contributed by atoms with Gasteiger partial charge in [0.15, 0.2) is 5.82 Å². The van der Waals surface area contributed by atoms with Crippen LogP contribution in [0.2, 0.25) is 0 Å². The number of hydrogen-bond donors (Lipinski definition) is 2. The molecule has 0 bridgehead atoms. The van der Waals surface area contributed by atoms with Gasteiger partial charge < -0.3 is 5.32 Å². The highest BCUT2D eigenvalue weighted by molar-refractivity contribution is 6.03. The standard InChI is InChI=1S/C23H19N5O2/c1-24-21(29)18-14-12-16(13-15-18)20-25-23(26-22(30)17-8-4-2-5-9-17)27-28(20)19-10-6-3-7-11-19/h2-15H,1H3,(H,24,29)(H,26,27,30). The minimum absolute atomic E-state index is 0.165. The summed E-state index contributed by atoms with van der Waals surface area (Å²) >= 11 is 0. The lowest BCUT2D eigenvalue weighted by Crippen LogP contribution is -2.17. The second-order valence-electron chi connectivity index (χ2n) is 6.48. The van der Waals surface area contributed by atoms with Crippen LogP contribution in [-0.4, -0.2) is 33.6 Å². The van der Waals surface area contributed by atoms with E-state index in [-0.39, 0.29) is 17.8 Å². The van der Waals surface area contributed by atoms with E-state index < -0.39 is 0 Å². The fourth-order valence-corrected chi connectivity index (χ4v) is 2.98. The monoisotopic (exact) mass is 397 g/mol. The molecule has 0 saturated carbocycles. The summed E-state index contributed by atoms with van der Waals surface area (Å²) in [6, 6.07) is 25.5. The van der Waals surface area contributed by atoms with E-state index in [1.54, 1.807) is 60.3 Å². The predicted octanol–water partition coefficient (Wildman–Crippen LogP) is 3.55. The first kappa shape index (κ1) is 19.1. The molecule has 1 aromatic heterocycles. The van der Waals surface area contributed by atoms with Crippen LogP contribution in [0.4, 0.5) is 5.95 Å². The van der Waals surface area contributed by atoms with Crippen LogP contribution < -0.4 is 10.6 Å². The molecule has 3 aromatic carbocycles. The molecule has 0 aliphatic rings. The number of anilines is 1. The molecule has 2 N–H and O–H groups in total. The van der Waals surface area contributed by atoms with E-state index in [2.05, 4.69) is 20.7 Å². The summed E-state index contributed by atoms with van der Waals surface area (Å²) in [4.78, 5) is 28.9. The van der Waals surface area contributed by atoms with Gasteiger partial charge in [0, 0.05) is 23.7 Å². The van der Waals surface area contributed by atoms with Crippen molar-refractivity contribution in [3.63, 3.8) is 0 Å². The molecule has 4 rings (SSSR count). The Kier molecular flexibility index (Phi) is 5.34. The first-order chi connectivity index (χ1) is 14.7. The lowest BCUT2D eigenvalue weighted by molar-refractivity contribution is 0.0962. The van der Waals surface area contributed by atoms with Crippen LogP contribution in [0.1, 0.15) is 20.7 Å². The van der Waals surface area contributed by atoms with Crippen LogP contribution in [0, 0.1) is 0 Å². The lowest BCUT2D eigenvalue weighted by Gasteiger charge is -2.06. The number of nitrogens with one attached hydrogen (secondary N) is 2. The van der Waals surface area contributed by atoms with Crippen LogP contribution in [0.25, 0.3) is 17.1 Å². The molecular weight excluding hydrogens is 378 g/mol. The maximum atomic E-state index is 12.5. The van der Waals surface area contributed by atoms with Gasteiger partial charge in [-0.05, 0) is 36.4 Å². The zero-order chi connectivity index (χ0) is 20.9. The number of rotatable bonds is 5. The largest absolute Gasteiger partial charge is 0.355 e. The number of carbonyl (C=O) groups is 2. The third-order valence-corrected chi connectivity index (χ3v) is 4.50. The van der Waals surface area contributed by atoms with Crippen molar-refractivity contribution in [3.05, 3.63) is 96.1 Å². The van der Waals surface area contributed by atoms with Crippen molar-refractivity contribution in [2.45, 2.75) is 0 Å². The molecular formula is C23H19N5O2. The maximum Gasteiger partial charge on any atom is 0.258 e. The first-order valence-electron chi connectivity index (χ1n) is 9.37. The summed E-state index contributed by atoms with van der Waals surface area (Å²) in [6.45, 7) is 0. The molecule has 148 valence electrons. The lowest BCUT2D eigenvalue weighted by atomic mass is 10.1. The molecule has 0 radical (unpaired) electrons. The summed E-state index contributed by atoms with van der Waals surface area (Å²) in [5.74, 6) is 0.287. The number of amides is 2. The molecule has 0 spiro atoms. The molecule has 30 heavy (non-hydrogen) atoms. The zero-order valence-electron chi connectivity index (χ0n) is 16.2. The SMILES string of the molecule is CNC(=O)c1ccc(-c2nc(NC(=O)c3ccccc3)nn2-c2ccccc2)cc1. The van der Waals surface area contributed by atoms with E-state index in [1.165, 1.54) is 0 Å². The summed E-state index contributed by atoms with van der Waals surface area (Å²) in [7, 11) is 1.59. The summed E-state index contributed by atoms with van der Waals surface area (Å²) in [5.41, 5.74) is 2.63. The highest BCUT2D eigenvalue weighted by Crippen LogP contribution is 2.23. The topological polar surface area (TPSA) is 88.9 Å². The van der Waals surface area contributed by atoms with Gasteiger partial charge in [-0.15, -0.1) is 5.10 Å². The van der Waals surface area contributed by atoms with Crippen molar-refractivity contribution in [2.24, 2.45) is 0 Å². The Morgan fingerprint density at radius 3 is 2.00 bits per heavy atom. The molecule has 0 unspecified atom stereocenters.